The van der Waals surface area contributed by atoms with E-state index in [0.29, 0.717) is 11.5 Å². The molecule has 0 bridgehead atoms. The number of alkyl halides is 3. The average molecular weight is 400 g/mol. The number of aromatic nitrogens is 3. The molecule has 0 atom stereocenters. The number of ether oxygens (including phenoxy) is 1. The van der Waals surface area contributed by atoms with Gasteiger partial charge in [0.05, 0.1) is 4.88 Å². The lowest BCUT2D eigenvalue weighted by molar-refractivity contribution is -0.274. The zero-order chi connectivity index (χ0) is 18.7. The normalized spacial score (nSPS) is 11.3. The average Bonchev–Trinajstić information content (AvgIpc) is 3.19. The number of benzene rings is 1. The number of rotatable bonds is 5. The third-order valence-corrected chi connectivity index (χ3v) is 4.35. The molecule has 26 heavy (non-hydrogen) atoms. The molecule has 0 aliphatic rings. The van der Waals surface area contributed by atoms with Crippen molar-refractivity contribution in [2.75, 3.05) is 5.32 Å². The predicted molar refractivity (Wildman–Crippen MR) is 92.5 cm³/mol. The first-order valence-electron chi connectivity index (χ1n) is 7.16. The lowest BCUT2D eigenvalue weighted by Gasteiger charge is -2.10. The number of amides is 1. The minimum atomic E-state index is -4.76. The summed E-state index contributed by atoms with van der Waals surface area (Å²) in [6.07, 6.45) is -4.76. The monoisotopic (exact) mass is 400 g/mol. The maximum absolute atomic E-state index is 12.2. The zero-order valence-electron chi connectivity index (χ0n) is 12.9. The quantitative estimate of drug-likeness (QED) is 0.630. The molecule has 0 fully saturated rings. The number of carbonyl (C=O) groups is 1. The maximum Gasteiger partial charge on any atom is 0.573 e. The molecule has 0 unspecified atom stereocenters. The molecule has 0 aliphatic heterocycles. The Hall–Kier alpha value is -2.66. The van der Waals surface area contributed by atoms with E-state index < -0.39 is 12.3 Å². The molecule has 0 aliphatic carbocycles. The van der Waals surface area contributed by atoms with Crippen LogP contribution < -0.4 is 10.1 Å². The summed E-state index contributed by atoms with van der Waals surface area (Å²) < 4.78 is 42.0. The molecule has 2 aromatic heterocycles. The highest BCUT2D eigenvalue weighted by Gasteiger charge is 2.30. The van der Waals surface area contributed by atoms with E-state index in [0.717, 1.165) is 17.0 Å². The second kappa shape index (κ2) is 7.30. The van der Waals surface area contributed by atoms with E-state index in [9.17, 15) is 18.0 Å². The summed E-state index contributed by atoms with van der Waals surface area (Å²) in [5.41, 5.74) is 0.331. The van der Waals surface area contributed by atoms with Gasteiger partial charge in [0.15, 0.2) is 10.6 Å². The number of thiophene rings is 1. The maximum atomic E-state index is 12.2. The first-order chi connectivity index (χ1) is 12.3. The molecular weight excluding hydrogens is 389 g/mol. The van der Waals surface area contributed by atoms with Crippen molar-refractivity contribution in [3.05, 3.63) is 46.5 Å². The topological polar surface area (TPSA) is 71.9 Å². The Morgan fingerprint density at radius 1 is 1.31 bits per heavy atom. The van der Waals surface area contributed by atoms with Crippen molar-refractivity contribution in [3.8, 4) is 16.5 Å². The van der Waals surface area contributed by atoms with Crippen molar-refractivity contribution in [1.82, 2.24) is 14.8 Å². The van der Waals surface area contributed by atoms with Gasteiger partial charge in [0.1, 0.15) is 12.3 Å². The van der Waals surface area contributed by atoms with Gasteiger partial charge in [-0.15, -0.1) is 24.5 Å². The Morgan fingerprint density at radius 2 is 2.04 bits per heavy atom. The van der Waals surface area contributed by atoms with Gasteiger partial charge in [0.2, 0.25) is 5.91 Å². The Bertz CT molecular complexity index is 947. The fourth-order valence-corrected chi connectivity index (χ4v) is 3.06. The van der Waals surface area contributed by atoms with E-state index in [1.54, 1.807) is 0 Å². The van der Waals surface area contributed by atoms with Crippen molar-refractivity contribution in [2.45, 2.75) is 12.9 Å². The standard InChI is InChI=1S/C15H11F3N4O2S2/c16-15(17,18)24-10-5-3-9(4-6-10)19-12(23)8-22-13(20-21-14(22)25)11-2-1-7-26-11/h1-7H,8H2,(H,19,23)(H,21,25). The number of aromatic amines is 1. The number of carbonyl (C=O) groups excluding carboxylic acids is 1. The molecule has 2 heterocycles. The molecule has 11 heteroatoms. The molecule has 0 saturated heterocycles. The number of hydrogen-bond donors (Lipinski definition) is 2. The van der Waals surface area contributed by atoms with Crippen LogP contribution in [0, 0.1) is 4.77 Å². The van der Waals surface area contributed by atoms with Crippen LogP contribution in [0.1, 0.15) is 0 Å². The third kappa shape index (κ3) is 4.49. The summed E-state index contributed by atoms with van der Waals surface area (Å²) in [4.78, 5) is 13.1. The third-order valence-electron chi connectivity index (χ3n) is 3.17. The van der Waals surface area contributed by atoms with Crippen LogP contribution in [0.4, 0.5) is 18.9 Å². The van der Waals surface area contributed by atoms with Gasteiger partial charge >= 0.3 is 6.36 Å². The smallest absolute Gasteiger partial charge is 0.406 e. The van der Waals surface area contributed by atoms with Crippen molar-refractivity contribution >= 4 is 35.1 Å². The van der Waals surface area contributed by atoms with Crippen LogP contribution in [0.5, 0.6) is 5.75 Å². The Kier molecular flexibility index (Phi) is 5.09. The van der Waals surface area contributed by atoms with Gasteiger partial charge in [-0.25, -0.2) is 0 Å². The summed E-state index contributed by atoms with van der Waals surface area (Å²) in [5, 5.41) is 11.2. The van der Waals surface area contributed by atoms with Gasteiger partial charge in [0.25, 0.3) is 0 Å². The van der Waals surface area contributed by atoms with Crippen molar-refractivity contribution in [1.29, 1.82) is 0 Å². The Labute approximate surface area is 154 Å². The van der Waals surface area contributed by atoms with Crippen molar-refractivity contribution < 1.29 is 22.7 Å². The molecule has 0 saturated carbocycles. The summed E-state index contributed by atoms with van der Waals surface area (Å²) in [7, 11) is 0. The minimum Gasteiger partial charge on any atom is -0.406 e. The molecule has 0 spiro atoms. The van der Waals surface area contributed by atoms with Crippen molar-refractivity contribution in [2.24, 2.45) is 0 Å². The van der Waals surface area contributed by atoms with Gasteiger partial charge in [-0.3, -0.25) is 14.5 Å². The minimum absolute atomic E-state index is 0.0939. The predicted octanol–water partition coefficient (Wildman–Crippen LogP) is 4.21. The highest BCUT2D eigenvalue weighted by atomic mass is 32.1. The lowest BCUT2D eigenvalue weighted by Crippen LogP contribution is -2.19. The van der Waals surface area contributed by atoms with Crippen LogP contribution in [-0.2, 0) is 11.3 Å². The van der Waals surface area contributed by atoms with E-state index in [1.807, 2.05) is 17.5 Å². The van der Waals surface area contributed by atoms with Crippen LogP contribution in [-0.4, -0.2) is 27.0 Å². The molecule has 3 rings (SSSR count). The molecule has 136 valence electrons. The van der Waals surface area contributed by atoms with Gasteiger partial charge in [-0.05, 0) is 47.9 Å². The highest BCUT2D eigenvalue weighted by molar-refractivity contribution is 7.71. The second-order valence-electron chi connectivity index (χ2n) is 5.04. The summed E-state index contributed by atoms with van der Waals surface area (Å²) in [6.45, 7) is -0.0939. The fourth-order valence-electron chi connectivity index (χ4n) is 2.14. The van der Waals surface area contributed by atoms with E-state index in [1.165, 1.54) is 28.0 Å². The molecule has 1 amide bonds. The number of hydrogen-bond acceptors (Lipinski definition) is 5. The van der Waals surface area contributed by atoms with Gasteiger partial charge in [-0.2, -0.15) is 5.10 Å². The van der Waals surface area contributed by atoms with Gasteiger partial charge < -0.3 is 10.1 Å². The second-order valence-corrected chi connectivity index (χ2v) is 6.37. The van der Waals surface area contributed by atoms with E-state index >= 15 is 0 Å². The first-order valence-corrected chi connectivity index (χ1v) is 8.45. The highest BCUT2D eigenvalue weighted by Crippen LogP contribution is 2.25. The van der Waals surface area contributed by atoms with Crippen LogP contribution >= 0.6 is 23.6 Å². The van der Waals surface area contributed by atoms with Crippen LogP contribution in [0.25, 0.3) is 10.7 Å². The molecular formula is C15H11F3N4O2S2. The molecule has 1 aromatic carbocycles. The lowest BCUT2D eigenvalue weighted by atomic mass is 10.3. The van der Waals surface area contributed by atoms with E-state index in [4.69, 9.17) is 12.2 Å². The largest absolute Gasteiger partial charge is 0.573 e. The van der Waals surface area contributed by atoms with E-state index in [2.05, 4.69) is 20.3 Å². The molecule has 2 N–H and O–H groups in total. The Morgan fingerprint density at radius 3 is 2.65 bits per heavy atom. The summed E-state index contributed by atoms with van der Waals surface area (Å²) in [5.74, 6) is -0.230. The number of nitrogens with one attached hydrogen (secondary N) is 2. The SMILES string of the molecule is O=C(Cn1c(-c2cccs2)n[nH]c1=S)Nc1ccc(OC(F)(F)F)cc1. The van der Waals surface area contributed by atoms with Crippen molar-refractivity contribution in [3.63, 3.8) is 0 Å². The first kappa shape index (κ1) is 18.1. The summed E-state index contributed by atoms with van der Waals surface area (Å²) in [6, 6.07) is 8.56. The van der Waals surface area contributed by atoms with Crippen LogP contribution in [0.2, 0.25) is 0 Å². The molecule has 3 aromatic rings. The van der Waals surface area contributed by atoms with Gasteiger partial charge in [0, 0.05) is 5.69 Å². The van der Waals surface area contributed by atoms with Crippen LogP contribution in [0.3, 0.4) is 0 Å². The Balaban J connectivity index is 1.69. The number of halogens is 3. The number of H-pyrrole nitrogens is 1. The zero-order valence-corrected chi connectivity index (χ0v) is 14.5. The molecule has 6 nitrogen and oxygen atoms in total. The number of anilines is 1. The summed E-state index contributed by atoms with van der Waals surface area (Å²) >= 11 is 6.60. The molecule has 0 radical (unpaired) electrons. The van der Waals surface area contributed by atoms with Gasteiger partial charge in [-0.1, -0.05) is 6.07 Å². The van der Waals surface area contributed by atoms with Crippen LogP contribution in [0.15, 0.2) is 41.8 Å². The number of nitrogens with zero attached hydrogens (tertiary/aromatic N) is 2. The van der Waals surface area contributed by atoms with E-state index in [-0.39, 0.29) is 17.1 Å². The fraction of sp³-hybridized carbons (Fsp3) is 0.133.